The lowest BCUT2D eigenvalue weighted by molar-refractivity contribution is -0.165. The summed E-state index contributed by atoms with van der Waals surface area (Å²) < 4.78 is 17.7. The Morgan fingerprint density at radius 3 is 1.65 bits per heavy atom. The molecular weight excluding hydrogens is 516 g/mol. The van der Waals surface area contributed by atoms with Crippen LogP contribution in [0.4, 0.5) is 0 Å². The predicted molar refractivity (Wildman–Crippen MR) is 152 cm³/mol. The first-order valence-electron chi connectivity index (χ1n) is 15.4. The number of rotatable bonds is 20. The Bertz CT molecular complexity index is 801. The Labute approximate surface area is 240 Å². The highest BCUT2D eigenvalue weighted by atomic mass is 16.5. The van der Waals surface area contributed by atoms with Gasteiger partial charge in [0.15, 0.2) is 0 Å². The first-order valence-corrected chi connectivity index (χ1v) is 15.4. The minimum atomic E-state index is -0.975. The van der Waals surface area contributed by atoms with E-state index in [0.717, 1.165) is 25.7 Å². The Hall–Kier alpha value is -2.16. The van der Waals surface area contributed by atoms with Gasteiger partial charge in [0, 0.05) is 10.8 Å². The fourth-order valence-corrected chi connectivity index (χ4v) is 5.68. The van der Waals surface area contributed by atoms with E-state index in [1.165, 1.54) is 0 Å². The summed E-state index contributed by atoms with van der Waals surface area (Å²) in [7, 11) is 0. The zero-order valence-corrected chi connectivity index (χ0v) is 25.7. The first kappa shape index (κ1) is 35.9. The number of ether oxygens (including phenoxy) is 3. The minimum absolute atomic E-state index is 0.146. The van der Waals surface area contributed by atoms with Gasteiger partial charge in [0.25, 0.3) is 0 Å². The van der Waals surface area contributed by atoms with Crippen LogP contribution < -0.4 is 0 Å². The van der Waals surface area contributed by atoms with Crippen molar-refractivity contribution in [2.75, 3.05) is 26.4 Å². The predicted octanol–water partition coefficient (Wildman–Crippen LogP) is 6.12. The number of hydrogen-bond acceptors (Lipinski definition) is 7. The van der Waals surface area contributed by atoms with Gasteiger partial charge in [-0.2, -0.15) is 0 Å². The van der Waals surface area contributed by atoms with Gasteiger partial charge in [-0.05, 0) is 51.4 Å². The third-order valence-corrected chi connectivity index (χ3v) is 9.39. The lowest BCUT2D eigenvalue weighted by atomic mass is 9.79. The molecule has 0 bridgehead atoms. The van der Waals surface area contributed by atoms with Crippen LogP contribution in [0.3, 0.4) is 0 Å². The van der Waals surface area contributed by atoms with Crippen molar-refractivity contribution in [2.45, 2.75) is 112 Å². The van der Waals surface area contributed by atoms with Gasteiger partial charge in [-0.15, -0.1) is 0 Å². The number of esters is 2. The highest BCUT2D eigenvalue weighted by Crippen LogP contribution is 2.35. The normalized spacial score (nSPS) is 19.4. The van der Waals surface area contributed by atoms with Crippen LogP contribution in [0.25, 0.3) is 0 Å². The number of aliphatic carboxylic acids is 2. The Balaban J connectivity index is 2.82. The molecule has 0 aromatic heterocycles. The van der Waals surface area contributed by atoms with Crippen molar-refractivity contribution in [3.05, 3.63) is 0 Å². The molecule has 9 nitrogen and oxygen atoms in total. The molecule has 1 fully saturated rings. The molecule has 4 unspecified atom stereocenters. The second kappa shape index (κ2) is 17.6. The van der Waals surface area contributed by atoms with Crippen molar-refractivity contribution >= 4 is 23.9 Å². The zero-order valence-electron chi connectivity index (χ0n) is 25.7. The zero-order chi connectivity index (χ0) is 30.3. The van der Waals surface area contributed by atoms with Crippen molar-refractivity contribution < 1.29 is 43.6 Å². The van der Waals surface area contributed by atoms with Crippen molar-refractivity contribution in [3.63, 3.8) is 0 Å². The summed E-state index contributed by atoms with van der Waals surface area (Å²) in [5.41, 5.74) is -0.826. The van der Waals surface area contributed by atoms with Crippen LogP contribution in [0.5, 0.6) is 0 Å². The summed E-state index contributed by atoms with van der Waals surface area (Å²) in [4.78, 5) is 49.2. The molecule has 0 aromatic carbocycles. The molecule has 0 aromatic rings. The Morgan fingerprint density at radius 1 is 0.725 bits per heavy atom. The quantitative estimate of drug-likeness (QED) is 0.166. The molecule has 40 heavy (non-hydrogen) atoms. The molecule has 0 saturated heterocycles. The highest BCUT2D eigenvalue weighted by Gasteiger charge is 2.39. The topological polar surface area (TPSA) is 136 Å². The molecular formula is C31H54O9. The van der Waals surface area contributed by atoms with Gasteiger partial charge in [0.05, 0.1) is 50.1 Å². The lowest BCUT2D eigenvalue weighted by Gasteiger charge is -2.36. The van der Waals surface area contributed by atoms with E-state index < -0.39 is 58.4 Å². The van der Waals surface area contributed by atoms with Gasteiger partial charge in [0.1, 0.15) is 0 Å². The van der Waals surface area contributed by atoms with Gasteiger partial charge in [-0.25, -0.2) is 0 Å². The van der Waals surface area contributed by atoms with E-state index in [1.807, 2.05) is 34.6 Å². The van der Waals surface area contributed by atoms with Crippen LogP contribution >= 0.6 is 0 Å². The highest BCUT2D eigenvalue weighted by molar-refractivity contribution is 5.81. The van der Waals surface area contributed by atoms with Gasteiger partial charge in [-0.3, -0.25) is 19.2 Å². The molecule has 232 valence electrons. The molecule has 1 aliphatic carbocycles. The molecule has 1 aliphatic rings. The standard InChI is InChI=1S/C31H54O9/c1-7-15-24(22(8-2)26(32)33)28(36)39-20-30(9-3,10-4)18-38-19-31(11-5,12-6)21-40-29(37)25-17-14-13-16-23(25)27(34)35/h22-25H,7-21H2,1-6H3,(H,32,33)(H,34,35). The molecule has 0 radical (unpaired) electrons. The summed E-state index contributed by atoms with van der Waals surface area (Å²) in [5, 5.41) is 19.1. The van der Waals surface area contributed by atoms with Crippen LogP contribution in [-0.2, 0) is 33.4 Å². The van der Waals surface area contributed by atoms with Crippen molar-refractivity contribution in [1.29, 1.82) is 0 Å². The lowest BCUT2D eigenvalue weighted by Crippen LogP contribution is -2.39. The minimum Gasteiger partial charge on any atom is -0.481 e. The summed E-state index contributed by atoms with van der Waals surface area (Å²) >= 11 is 0. The molecule has 4 atom stereocenters. The van der Waals surface area contributed by atoms with E-state index in [2.05, 4.69) is 0 Å². The number of hydrogen-bond donors (Lipinski definition) is 2. The second-order valence-corrected chi connectivity index (χ2v) is 11.7. The van der Waals surface area contributed by atoms with E-state index in [-0.39, 0.29) is 13.2 Å². The second-order valence-electron chi connectivity index (χ2n) is 11.7. The molecule has 2 N–H and O–H groups in total. The number of carbonyl (C=O) groups excluding carboxylic acids is 2. The van der Waals surface area contributed by atoms with Gasteiger partial charge in [0.2, 0.25) is 0 Å². The maximum atomic E-state index is 13.0. The van der Waals surface area contributed by atoms with Crippen molar-refractivity contribution in [2.24, 2.45) is 34.5 Å². The summed E-state index contributed by atoms with van der Waals surface area (Å²) in [6.07, 6.45) is 7.06. The van der Waals surface area contributed by atoms with Gasteiger partial charge in [-0.1, -0.05) is 60.8 Å². The van der Waals surface area contributed by atoms with Crippen LogP contribution in [-0.4, -0.2) is 60.5 Å². The number of carbonyl (C=O) groups is 4. The van der Waals surface area contributed by atoms with Crippen LogP contribution in [0.1, 0.15) is 112 Å². The van der Waals surface area contributed by atoms with E-state index in [1.54, 1.807) is 6.92 Å². The van der Waals surface area contributed by atoms with E-state index in [0.29, 0.717) is 58.2 Å². The summed E-state index contributed by atoms with van der Waals surface area (Å²) in [6.45, 7) is 12.8. The molecule has 1 saturated carbocycles. The Morgan fingerprint density at radius 2 is 1.23 bits per heavy atom. The average molecular weight is 571 g/mol. The molecule has 1 rings (SSSR count). The molecule has 0 amide bonds. The largest absolute Gasteiger partial charge is 0.481 e. The van der Waals surface area contributed by atoms with Crippen LogP contribution in [0.15, 0.2) is 0 Å². The monoisotopic (exact) mass is 570 g/mol. The fourth-order valence-electron chi connectivity index (χ4n) is 5.68. The SMILES string of the molecule is CCCC(C(=O)OCC(CC)(CC)COCC(CC)(CC)COC(=O)C1CCCCC1C(=O)O)C(CC)C(=O)O. The number of carboxylic acid groups (broad SMARTS) is 2. The fraction of sp³-hybridized carbons (Fsp3) is 0.871. The maximum Gasteiger partial charge on any atom is 0.309 e. The maximum absolute atomic E-state index is 13.0. The number of carboxylic acids is 2. The van der Waals surface area contributed by atoms with Gasteiger partial charge >= 0.3 is 23.9 Å². The average Bonchev–Trinajstić information content (AvgIpc) is 2.96. The first-order chi connectivity index (χ1) is 19.0. The van der Waals surface area contributed by atoms with Crippen molar-refractivity contribution in [1.82, 2.24) is 0 Å². The van der Waals surface area contributed by atoms with E-state index in [4.69, 9.17) is 14.2 Å². The molecule has 0 aliphatic heterocycles. The third-order valence-electron chi connectivity index (χ3n) is 9.39. The molecule has 9 heteroatoms. The summed E-state index contributed by atoms with van der Waals surface area (Å²) in [5.74, 6) is -5.54. The smallest absolute Gasteiger partial charge is 0.309 e. The van der Waals surface area contributed by atoms with Crippen LogP contribution in [0.2, 0.25) is 0 Å². The van der Waals surface area contributed by atoms with Gasteiger partial charge < -0.3 is 24.4 Å². The Kier molecular flexibility index (Phi) is 15.8. The van der Waals surface area contributed by atoms with E-state index in [9.17, 15) is 29.4 Å². The van der Waals surface area contributed by atoms with E-state index >= 15 is 0 Å². The van der Waals surface area contributed by atoms with Crippen LogP contribution in [0, 0.1) is 34.5 Å². The summed E-state index contributed by atoms with van der Waals surface area (Å²) in [6, 6.07) is 0. The molecule has 0 heterocycles. The van der Waals surface area contributed by atoms with Crippen molar-refractivity contribution in [3.8, 4) is 0 Å². The third kappa shape index (κ3) is 10.0. The molecule has 0 spiro atoms.